The lowest BCUT2D eigenvalue weighted by Crippen LogP contribution is -2.36. The van der Waals surface area contributed by atoms with Crippen LogP contribution in [-0.2, 0) is 9.53 Å². The molecule has 0 fully saturated rings. The molecular formula is C12H16N4O2. The molecule has 3 N–H and O–H groups in total. The fourth-order valence-corrected chi connectivity index (χ4v) is 1.46. The third-order valence-electron chi connectivity index (χ3n) is 2.52. The molecule has 1 atom stereocenters. The van der Waals surface area contributed by atoms with E-state index in [1.807, 2.05) is 19.9 Å². The number of hydrogen-bond acceptors (Lipinski definition) is 6. The number of aromatic nitrogens is 1. The lowest BCUT2D eigenvalue weighted by Gasteiger charge is -2.21. The molecule has 18 heavy (non-hydrogen) atoms. The first kappa shape index (κ1) is 13.8. The van der Waals surface area contributed by atoms with E-state index in [2.05, 4.69) is 10.3 Å². The third-order valence-corrected chi connectivity index (χ3v) is 2.52. The Morgan fingerprint density at radius 1 is 1.61 bits per heavy atom. The van der Waals surface area contributed by atoms with Gasteiger partial charge in [0.25, 0.3) is 0 Å². The van der Waals surface area contributed by atoms with E-state index in [4.69, 9.17) is 15.7 Å². The quantitative estimate of drug-likeness (QED) is 0.775. The molecule has 1 unspecified atom stereocenters. The first-order valence-corrected chi connectivity index (χ1v) is 5.50. The summed E-state index contributed by atoms with van der Waals surface area (Å²) in [7, 11) is 1.32. The molecule has 0 amide bonds. The Kier molecular flexibility index (Phi) is 4.49. The highest BCUT2D eigenvalue weighted by atomic mass is 16.5. The van der Waals surface area contributed by atoms with Gasteiger partial charge in [-0.1, -0.05) is 13.8 Å². The summed E-state index contributed by atoms with van der Waals surface area (Å²) in [6.45, 7) is 3.75. The van der Waals surface area contributed by atoms with Gasteiger partial charge in [0.05, 0.1) is 18.4 Å². The Bertz CT molecular complexity index is 479. The fraction of sp³-hybridized carbons (Fsp3) is 0.417. The second-order valence-corrected chi connectivity index (χ2v) is 4.12. The number of nitrogen functional groups attached to an aromatic ring is 1. The number of nitrogens with two attached hydrogens (primary N) is 1. The average molecular weight is 248 g/mol. The molecule has 96 valence electrons. The van der Waals surface area contributed by atoms with Gasteiger partial charge in [-0.25, -0.2) is 9.78 Å². The van der Waals surface area contributed by atoms with Gasteiger partial charge in [-0.05, 0) is 12.0 Å². The van der Waals surface area contributed by atoms with Crippen molar-refractivity contribution in [3.63, 3.8) is 0 Å². The number of pyridine rings is 1. The molecule has 1 rings (SSSR count). The van der Waals surface area contributed by atoms with Crippen molar-refractivity contribution in [2.45, 2.75) is 19.9 Å². The first-order chi connectivity index (χ1) is 8.51. The standard InChI is InChI=1S/C12H16N4O2/c1-7(2)10(12(17)18-3)16-11-9(14)8(6-13)4-5-15-11/h4-5,7,10H,14H2,1-3H3,(H,15,16). The first-order valence-electron chi connectivity index (χ1n) is 5.50. The van der Waals surface area contributed by atoms with E-state index in [0.29, 0.717) is 11.4 Å². The summed E-state index contributed by atoms with van der Waals surface area (Å²) in [5, 5.41) is 11.8. The van der Waals surface area contributed by atoms with E-state index in [1.165, 1.54) is 19.4 Å². The van der Waals surface area contributed by atoms with Crippen LogP contribution in [-0.4, -0.2) is 24.1 Å². The third kappa shape index (κ3) is 2.88. The van der Waals surface area contributed by atoms with Crippen LogP contribution in [0, 0.1) is 17.2 Å². The molecule has 0 saturated heterocycles. The maximum Gasteiger partial charge on any atom is 0.328 e. The number of carbonyl (C=O) groups excluding carboxylic acids is 1. The van der Waals surface area contributed by atoms with E-state index in [0.717, 1.165) is 0 Å². The van der Waals surface area contributed by atoms with Crippen molar-refractivity contribution >= 4 is 17.5 Å². The maximum atomic E-state index is 11.6. The fourth-order valence-electron chi connectivity index (χ4n) is 1.46. The SMILES string of the molecule is COC(=O)C(Nc1nccc(C#N)c1N)C(C)C. The van der Waals surface area contributed by atoms with Crippen molar-refractivity contribution in [3.05, 3.63) is 17.8 Å². The van der Waals surface area contributed by atoms with E-state index < -0.39 is 12.0 Å². The average Bonchev–Trinajstić information content (AvgIpc) is 2.36. The molecule has 0 radical (unpaired) electrons. The van der Waals surface area contributed by atoms with Crippen molar-refractivity contribution in [3.8, 4) is 6.07 Å². The number of anilines is 2. The second kappa shape index (κ2) is 5.87. The largest absolute Gasteiger partial charge is 0.467 e. The van der Waals surface area contributed by atoms with Gasteiger partial charge in [0.2, 0.25) is 0 Å². The lowest BCUT2D eigenvalue weighted by atomic mass is 10.0. The molecule has 1 heterocycles. The zero-order chi connectivity index (χ0) is 13.7. The predicted octanol–water partition coefficient (Wildman–Crippen LogP) is 1.14. The molecule has 0 aliphatic heterocycles. The maximum absolute atomic E-state index is 11.6. The number of hydrogen-bond donors (Lipinski definition) is 2. The number of esters is 1. The van der Waals surface area contributed by atoms with Crippen LogP contribution < -0.4 is 11.1 Å². The van der Waals surface area contributed by atoms with Gasteiger partial charge in [-0.3, -0.25) is 0 Å². The number of nitrogens with one attached hydrogen (secondary N) is 1. The number of rotatable bonds is 4. The lowest BCUT2D eigenvalue weighted by molar-refractivity contribution is -0.142. The molecule has 0 aromatic carbocycles. The molecule has 6 nitrogen and oxygen atoms in total. The minimum absolute atomic E-state index is 0.00407. The Morgan fingerprint density at radius 2 is 2.28 bits per heavy atom. The summed E-state index contributed by atoms with van der Waals surface area (Å²) in [6, 6.07) is 2.92. The number of nitriles is 1. The summed E-state index contributed by atoms with van der Waals surface area (Å²) in [6.07, 6.45) is 1.46. The Balaban J connectivity index is 3.02. The molecule has 0 aliphatic rings. The van der Waals surface area contributed by atoms with Crippen LogP contribution in [0.3, 0.4) is 0 Å². The monoisotopic (exact) mass is 248 g/mol. The topological polar surface area (TPSA) is 101 Å². The zero-order valence-electron chi connectivity index (χ0n) is 10.6. The van der Waals surface area contributed by atoms with Crippen LogP contribution in [0.15, 0.2) is 12.3 Å². The van der Waals surface area contributed by atoms with Crippen LogP contribution >= 0.6 is 0 Å². The van der Waals surface area contributed by atoms with Gasteiger partial charge in [0.15, 0.2) is 5.82 Å². The van der Waals surface area contributed by atoms with Gasteiger partial charge in [-0.2, -0.15) is 5.26 Å². The highest BCUT2D eigenvalue weighted by molar-refractivity contribution is 5.81. The minimum atomic E-state index is -0.557. The van der Waals surface area contributed by atoms with Gasteiger partial charge in [0, 0.05) is 6.20 Å². The molecule has 1 aromatic heterocycles. The zero-order valence-corrected chi connectivity index (χ0v) is 10.6. The Morgan fingerprint density at radius 3 is 2.78 bits per heavy atom. The van der Waals surface area contributed by atoms with Crippen LogP contribution in [0.2, 0.25) is 0 Å². The summed E-state index contributed by atoms with van der Waals surface area (Å²) in [4.78, 5) is 15.6. The van der Waals surface area contributed by atoms with Crippen LogP contribution in [0.1, 0.15) is 19.4 Å². The van der Waals surface area contributed by atoms with Gasteiger partial charge in [0.1, 0.15) is 12.1 Å². The number of carbonyl (C=O) groups is 1. The minimum Gasteiger partial charge on any atom is -0.467 e. The molecule has 0 spiro atoms. The van der Waals surface area contributed by atoms with Crippen LogP contribution in [0.25, 0.3) is 0 Å². The van der Waals surface area contributed by atoms with E-state index >= 15 is 0 Å². The van der Waals surface area contributed by atoms with Crippen molar-refractivity contribution in [1.29, 1.82) is 5.26 Å². The summed E-state index contributed by atoms with van der Waals surface area (Å²) < 4.78 is 4.71. The number of methoxy groups -OCH3 is 1. The van der Waals surface area contributed by atoms with Crippen molar-refractivity contribution in [2.75, 3.05) is 18.2 Å². The Labute approximate surface area is 106 Å². The Hall–Kier alpha value is -2.29. The number of ether oxygens (including phenoxy) is 1. The smallest absolute Gasteiger partial charge is 0.328 e. The van der Waals surface area contributed by atoms with E-state index in [9.17, 15) is 4.79 Å². The molecule has 0 bridgehead atoms. The van der Waals surface area contributed by atoms with Crippen molar-refractivity contribution < 1.29 is 9.53 Å². The van der Waals surface area contributed by atoms with Crippen LogP contribution in [0.5, 0.6) is 0 Å². The molecule has 0 saturated carbocycles. The van der Waals surface area contributed by atoms with E-state index in [1.54, 1.807) is 0 Å². The normalized spacial score (nSPS) is 11.7. The predicted molar refractivity (Wildman–Crippen MR) is 67.6 cm³/mol. The highest BCUT2D eigenvalue weighted by Crippen LogP contribution is 2.21. The van der Waals surface area contributed by atoms with Crippen molar-refractivity contribution in [2.24, 2.45) is 5.92 Å². The van der Waals surface area contributed by atoms with Gasteiger partial charge >= 0.3 is 5.97 Å². The highest BCUT2D eigenvalue weighted by Gasteiger charge is 2.24. The van der Waals surface area contributed by atoms with E-state index in [-0.39, 0.29) is 11.6 Å². The van der Waals surface area contributed by atoms with Crippen LogP contribution in [0.4, 0.5) is 11.5 Å². The number of nitrogens with zero attached hydrogens (tertiary/aromatic N) is 2. The second-order valence-electron chi connectivity index (χ2n) is 4.12. The van der Waals surface area contributed by atoms with Crippen molar-refractivity contribution in [1.82, 2.24) is 4.98 Å². The van der Waals surface area contributed by atoms with Gasteiger partial charge < -0.3 is 15.8 Å². The molecule has 6 heteroatoms. The summed E-state index contributed by atoms with van der Waals surface area (Å²) >= 11 is 0. The summed E-state index contributed by atoms with van der Waals surface area (Å²) in [5.41, 5.74) is 6.33. The summed E-state index contributed by atoms with van der Waals surface area (Å²) in [5.74, 6) is -0.0731. The molecule has 1 aromatic rings. The van der Waals surface area contributed by atoms with Gasteiger partial charge in [-0.15, -0.1) is 0 Å². The molecular weight excluding hydrogens is 232 g/mol. The molecule has 0 aliphatic carbocycles.